The summed E-state index contributed by atoms with van der Waals surface area (Å²) in [6.07, 6.45) is 1.85. The minimum absolute atomic E-state index is 0. The topological polar surface area (TPSA) is 82.2 Å². The molecule has 0 bridgehead atoms. The first-order valence-corrected chi connectivity index (χ1v) is 13.1. The van der Waals surface area contributed by atoms with Crippen LogP contribution in [0.4, 0.5) is 11.4 Å². The van der Waals surface area contributed by atoms with E-state index in [4.69, 9.17) is 4.74 Å². The Balaban J connectivity index is 0. The van der Waals surface area contributed by atoms with Gasteiger partial charge in [0.15, 0.2) is 0 Å². The van der Waals surface area contributed by atoms with Gasteiger partial charge in [-0.25, -0.2) is 0 Å². The van der Waals surface area contributed by atoms with E-state index in [1.807, 2.05) is 54.5 Å². The van der Waals surface area contributed by atoms with Crippen LogP contribution in [-0.4, -0.2) is 73.6 Å². The minimum atomic E-state index is -0.460. The second kappa shape index (κ2) is 18.7. The molecule has 2 fully saturated rings. The molecule has 38 heavy (non-hydrogen) atoms. The molecule has 0 aromatic heterocycles. The van der Waals surface area contributed by atoms with Gasteiger partial charge in [0, 0.05) is 56.1 Å². The van der Waals surface area contributed by atoms with E-state index in [1.165, 1.54) is 11.3 Å². The largest absolute Gasteiger partial charge is 1.00 e. The summed E-state index contributed by atoms with van der Waals surface area (Å²) in [6.45, 7) is 18.1. The molecule has 1 aromatic carbocycles. The molecule has 9 heteroatoms. The molecule has 212 valence electrons. The smallest absolute Gasteiger partial charge is 0.459 e. The summed E-state index contributed by atoms with van der Waals surface area (Å²) in [7, 11) is 0. The number of nitrogens with one attached hydrogen (secondary N) is 1. The monoisotopic (exact) mass is 652 g/mol. The number of ether oxygens (including phenoxy) is 1. The predicted molar refractivity (Wildman–Crippen MR) is 154 cm³/mol. The number of carbonyl (C=O) groups is 3. The Bertz CT molecular complexity index is 880. The molecule has 1 N–H and O–H groups in total. The number of carbonyl (C=O) groups excluding carboxylic acids is 3. The number of anilines is 2. The van der Waals surface area contributed by atoms with Crippen molar-refractivity contribution in [2.75, 3.05) is 49.1 Å². The zero-order valence-electron chi connectivity index (χ0n) is 24.6. The molecule has 2 saturated heterocycles. The fraction of sp³-hybridized carbons (Fsp3) is 0.655. The Kier molecular flexibility index (Phi) is 19.5. The molecule has 2 amide bonds. The molecule has 8 nitrogen and oxygen atoms in total. The van der Waals surface area contributed by atoms with Crippen molar-refractivity contribution < 1.29 is 88.0 Å². The number of hydrogen-bond donors (Lipinski definition) is 1. The number of nitrogens with zero attached hydrogens (tertiary/aromatic N) is 3. The third-order valence-corrected chi connectivity index (χ3v) is 6.11. The summed E-state index contributed by atoms with van der Waals surface area (Å²) in [5.41, 5.74) is 3.12. The molecular weight excluding hydrogens is 601 g/mol. The van der Waals surface area contributed by atoms with Gasteiger partial charge in [0.25, 0.3) is 0 Å². The standard InChI is InChI=1S/C23H32N4O4.2C2H6.CH4.CH3.Cs/c1-23(2,3)31-21(29)15-25-11-13-26(14-12-25)17-5-4-6-18-16(17)9-10-27(18)19-7-8-20(28)24-22(19)30;2*1-2;;;/h4-6,19H,7-15H2,1-3H3,(H,24,28,30);2*1-2H3;1H4;1H3;/q;;;;-1;+1. The fourth-order valence-electron chi connectivity index (χ4n) is 4.74. The number of rotatable bonds is 4. The van der Waals surface area contributed by atoms with Crippen LogP contribution in [0, 0.1) is 7.43 Å². The van der Waals surface area contributed by atoms with E-state index in [9.17, 15) is 14.4 Å². The Labute approximate surface area is 291 Å². The zero-order chi connectivity index (χ0) is 26.2. The second-order valence-electron chi connectivity index (χ2n) is 9.53. The number of amides is 2. The maximum Gasteiger partial charge on any atom is 1.00 e. The van der Waals surface area contributed by atoms with Gasteiger partial charge >= 0.3 is 74.9 Å². The zero-order valence-corrected chi connectivity index (χ0v) is 30.9. The van der Waals surface area contributed by atoms with Gasteiger partial charge < -0.3 is 22.0 Å². The Morgan fingerprint density at radius 2 is 1.55 bits per heavy atom. The Hall–Kier alpha value is -0.558. The molecule has 4 rings (SSSR count). The third-order valence-electron chi connectivity index (χ3n) is 6.11. The summed E-state index contributed by atoms with van der Waals surface area (Å²) in [5.74, 6) is -0.551. The number of hydrogen-bond acceptors (Lipinski definition) is 7. The van der Waals surface area contributed by atoms with Crippen molar-refractivity contribution in [2.45, 2.75) is 86.8 Å². The van der Waals surface area contributed by atoms with Gasteiger partial charge in [-0.3, -0.25) is 24.6 Å². The van der Waals surface area contributed by atoms with Gasteiger partial charge in [-0.2, -0.15) is 0 Å². The van der Waals surface area contributed by atoms with Crippen LogP contribution in [0.2, 0.25) is 0 Å². The van der Waals surface area contributed by atoms with Crippen LogP contribution in [0.3, 0.4) is 0 Å². The number of imide groups is 1. The fourth-order valence-corrected chi connectivity index (χ4v) is 4.74. The second-order valence-corrected chi connectivity index (χ2v) is 9.53. The first-order valence-electron chi connectivity index (χ1n) is 13.1. The van der Waals surface area contributed by atoms with Crippen molar-refractivity contribution in [1.29, 1.82) is 0 Å². The summed E-state index contributed by atoms with van der Waals surface area (Å²) in [6, 6.07) is 6.00. The SMILES string of the molecule is C.CC.CC.CC(C)(C)OC(=O)CN1CCN(c2cccc3c2CCN3C2CCC(=O)NC2=O)CC1.[CH3-].[Cs+]. The van der Waals surface area contributed by atoms with Gasteiger partial charge in [0.05, 0.1) is 6.54 Å². The molecular formula is C29H51CsN4O4. The Morgan fingerprint density at radius 1 is 0.974 bits per heavy atom. The number of fused-ring (bicyclic) bond motifs is 1. The molecule has 3 aliphatic rings. The van der Waals surface area contributed by atoms with Crippen LogP contribution in [0.25, 0.3) is 0 Å². The van der Waals surface area contributed by atoms with Gasteiger partial charge in [0.1, 0.15) is 11.6 Å². The van der Waals surface area contributed by atoms with E-state index in [1.54, 1.807) is 0 Å². The molecule has 0 saturated carbocycles. The number of piperidine rings is 1. The number of esters is 1. The Morgan fingerprint density at radius 3 is 2.11 bits per heavy atom. The van der Waals surface area contributed by atoms with Crippen molar-refractivity contribution in [1.82, 2.24) is 10.2 Å². The van der Waals surface area contributed by atoms with E-state index >= 15 is 0 Å². The van der Waals surface area contributed by atoms with E-state index in [-0.39, 0.29) is 108 Å². The molecule has 1 atom stereocenters. The quantitative estimate of drug-likeness (QED) is 0.300. The van der Waals surface area contributed by atoms with E-state index in [2.05, 4.69) is 32.1 Å². The minimum Gasteiger partial charge on any atom is -0.459 e. The summed E-state index contributed by atoms with van der Waals surface area (Å²) < 4.78 is 5.44. The molecule has 0 radical (unpaired) electrons. The summed E-state index contributed by atoms with van der Waals surface area (Å²) >= 11 is 0. The molecule has 3 heterocycles. The molecule has 3 aliphatic heterocycles. The van der Waals surface area contributed by atoms with Crippen LogP contribution in [0.1, 0.15) is 74.3 Å². The average Bonchev–Trinajstić information content (AvgIpc) is 3.25. The van der Waals surface area contributed by atoms with Crippen LogP contribution in [0.15, 0.2) is 18.2 Å². The first kappa shape index (κ1) is 39.6. The number of piperazine rings is 1. The maximum absolute atomic E-state index is 12.4. The summed E-state index contributed by atoms with van der Waals surface area (Å²) in [4.78, 5) is 42.7. The third kappa shape index (κ3) is 10.8. The van der Waals surface area contributed by atoms with Gasteiger partial charge in [-0.1, -0.05) is 41.2 Å². The summed E-state index contributed by atoms with van der Waals surface area (Å²) in [5, 5.41) is 2.48. The van der Waals surface area contributed by atoms with Crippen LogP contribution in [-0.2, 0) is 25.5 Å². The molecule has 1 aromatic rings. The normalized spacial score (nSPS) is 18.6. The van der Waals surface area contributed by atoms with Crippen molar-refractivity contribution in [2.24, 2.45) is 0 Å². The van der Waals surface area contributed by atoms with Gasteiger partial charge in [-0.05, 0) is 45.7 Å². The van der Waals surface area contributed by atoms with E-state index in [0.717, 1.165) is 44.8 Å². The predicted octanol–water partition coefficient (Wildman–Crippen LogP) is 1.46. The molecule has 0 aliphatic carbocycles. The van der Waals surface area contributed by atoms with Crippen molar-refractivity contribution in [3.63, 3.8) is 0 Å². The van der Waals surface area contributed by atoms with Crippen LogP contribution < -0.4 is 84.0 Å². The maximum atomic E-state index is 12.4. The molecule has 0 spiro atoms. The first-order chi connectivity index (χ1) is 16.7. The van der Waals surface area contributed by atoms with Crippen molar-refractivity contribution in [3.05, 3.63) is 31.2 Å². The average molecular weight is 653 g/mol. The van der Waals surface area contributed by atoms with Crippen LogP contribution in [0.5, 0.6) is 0 Å². The van der Waals surface area contributed by atoms with Crippen molar-refractivity contribution in [3.8, 4) is 0 Å². The van der Waals surface area contributed by atoms with E-state index in [0.29, 0.717) is 19.4 Å². The molecule has 1 unspecified atom stereocenters. The van der Waals surface area contributed by atoms with Crippen molar-refractivity contribution >= 4 is 29.2 Å². The van der Waals surface area contributed by atoms with Crippen LogP contribution >= 0.6 is 0 Å². The number of benzene rings is 1. The van der Waals surface area contributed by atoms with Gasteiger partial charge in [0.2, 0.25) is 11.8 Å². The van der Waals surface area contributed by atoms with E-state index < -0.39 is 5.60 Å². The van der Waals surface area contributed by atoms with Gasteiger partial charge in [-0.15, -0.1) is 0 Å².